The van der Waals surface area contributed by atoms with Gasteiger partial charge in [0, 0.05) is 13.0 Å². The van der Waals surface area contributed by atoms with Gasteiger partial charge in [-0.1, -0.05) is 12.1 Å². The van der Waals surface area contributed by atoms with Gasteiger partial charge in [0.05, 0.1) is 25.6 Å². The van der Waals surface area contributed by atoms with Gasteiger partial charge in [0.15, 0.2) is 0 Å². The molecule has 2 rings (SSSR count). The first-order valence-electron chi connectivity index (χ1n) is 7.50. The van der Waals surface area contributed by atoms with Crippen LogP contribution < -0.4 is 19.7 Å². The van der Waals surface area contributed by atoms with Crippen molar-refractivity contribution in [2.75, 3.05) is 31.0 Å². The van der Waals surface area contributed by atoms with E-state index in [1.807, 2.05) is 0 Å². The molecular weight excluding hydrogens is 327 g/mol. The largest absolute Gasteiger partial charge is 0.497 e. The second-order valence-corrected chi connectivity index (χ2v) is 5.17. The zero-order valence-electron chi connectivity index (χ0n) is 14.2. The van der Waals surface area contributed by atoms with E-state index in [4.69, 9.17) is 9.47 Å². The molecule has 0 aromatic heterocycles. The number of amides is 2. The molecule has 0 spiro atoms. The van der Waals surface area contributed by atoms with Crippen LogP contribution in [0.4, 0.5) is 15.8 Å². The molecule has 0 saturated heterocycles. The van der Waals surface area contributed by atoms with E-state index in [0.29, 0.717) is 17.2 Å². The van der Waals surface area contributed by atoms with Crippen LogP contribution in [0.3, 0.4) is 0 Å². The molecule has 0 aliphatic rings. The Hall–Kier alpha value is -3.09. The molecule has 132 valence electrons. The van der Waals surface area contributed by atoms with Gasteiger partial charge in [0.2, 0.25) is 11.8 Å². The Balaban J connectivity index is 2.20. The van der Waals surface area contributed by atoms with Crippen molar-refractivity contribution >= 4 is 23.2 Å². The summed E-state index contributed by atoms with van der Waals surface area (Å²) in [5, 5.41) is 2.65. The fourth-order valence-corrected chi connectivity index (χ4v) is 2.28. The molecular formula is C18H19FN2O4. The van der Waals surface area contributed by atoms with Crippen molar-refractivity contribution in [3.05, 3.63) is 48.3 Å². The number of anilines is 2. The highest BCUT2D eigenvalue weighted by molar-refractivity contribution is 6.02. The number of hydrogen-bond acceptors (Lipinski definition) is 4. The highest BCUT2D eigenvalue weighted by atomic mass is 19.1. The molecule has 0 aliphatic heterocycles. The number of methoxy groups -OCH3 is 2. The third-order valence-corrected chi connectivity index (χ3v) is 3.51. The van der Waals surface area contributed by atoms with E-state index in [1.54, 1.807) is 24.3 Å². The topological polar surface area (TPSA) is 67.9 Å². The lowest BCUT2D eigenvalue weighted by Gasteiger charge is -2.21. The van der Waals surface area contributed by atoms with Crippen LogP contribution >= 0.6 is 0 Å². The van der Waals surface area contributed by atoms with Crippen LogP contribution in [0, 0.1) is 5.82 Å². The highest BCUT2D eigenvalue weighted by Gasteiger charge is 2.19. The number of carbonyl (C=O) groups excluding carboxylic acids is 2. The van der Waals surface area contributed by atoms with E-state index in [1.165, 1.54) is 39.3 Å². The summed E-state index contributed by atoms with van der Waals surface area (Å²) in [5.41, 5.74) is 0.437. The molecule has 0 unspecified atom stereocenters. The molecule has 0 aliphatic carbocycles. The minimum absolute atomic E-state index is 0.0442. The molecule has 25 heavy (non-hydrogen) atoms. The number of hydrogen-bond donors (Lipinski definition) is 1. The Labute approximate surface area is 145 Å². The Morgan fingerprint density at radius 1 is 1.12 bits per heavy atom. The summed E-state index contributed by atoms with van der Waals surface area (Å²) in [6, 6.07) is 10.7. The molecule has 0 atom stereocenters. The third-order valence-electron chi connectivity index (χ3n) is 3.51. The zero-order valence-corrected chi connectivity index (χ0v) is 14.2. The first-order valence-corrected chi connectivity index (χ1v) is 7.50. The number of ether oxygens (including phenoxy) is 2. The predicted molar refractivity (Wildman–Crippen MR) is 92.6 cm³/mol. The number of para-hydroxylation sites is 1. The van der Waals surface area contributed by atoms with Gasteiger partial charge >= 0.3 is 0 Å². The van der Waals surface area contributed by atoms with Crippen molar-refractivity contribution in [1.29, 1.82) is 0 Å². The summed E-state index contributed by atoms with van der Waals surface area (Å²) in [6.07, 6.45) is 0. The lowest BCUT2D eigenvalue weighted by Crippen LogP contribution is -2.37. The number of halogens is 1. The Bertz CT molecular complexity index is 779. The summed E-state index contributed by atoms with van der Waals surface area (Å²) in [4.78, 5) is 25.3. The van der Waals surface area contributed by atoms with Gasteiger partial charge in [0.25, 0.3) is 0 Å². The molecule has 2 aromatic carbocycles. The van der Waals surface area contributed by atoms with Crippen molar-refractivity contribution in [3.63, 3.8) is 0 Å². The van der Waals surface area contributed by atoms with Crippen LogP contribution in [0.25, 0.3) is 0 Å². The van der Waals surface area contributed by atoms with Crippen LogP contribution in [0.5, 0.6) is 11.5 Å². The maximum Gasteiger partial charge on any atom is 0.244 e. The average Bonchev–Trinajstić information content (AvgIpc) is 2.60. The fourth-order valence-electron chi connectivity index (χ4n) is 2.28. The van der Waals surface area contributed by atoms with Crippen molar-refractivity contribution in [1.82, 2.24) is 0 Å². The normalized spacial score (nSPS) is 10.1. The molecule has 1 N–H and O–H groups in total. The van der Waals surface area contributed by atoms with Crippen LogP contribution in [0.2, 0.25) is 0 Å². The van der Waals surface area contributed by atoms with E-state index < -0.39 is 17.6 Å². The second-order valence-electron chi connectivity index (χ2n) is 5.17. The van der Waals surface area contributed by atoms with Gasteiger partial charge in [0.1, 0.15) is 23.9 Å². The lowest BCUT2D eigenvalue weighted by molar-refractivity contribution is -0.120. The molecule has 6 nitrogen and oxygen atoms in total. The van der Waals surface area contributed by atoms with Crippen LogP contribution in [-0.2, 0) is 9.59 Å². The maximum atomic E-state index is 13.9. The quantitative estimate of drug-likeness (QED) is 0.873. The van der Waals surface area contributed by atoms with Crippen LogP contribution in [0.1, 0.15) is 6.92 Å². The Kier molecular flexibility index (Phi) is 5.94. The number of benzene rings is 2. The molecule has 2 aromatic rings. The van der Waals surface area contributed by atoms with Gasteiger partial charge in [-0.25, -0.2) is 4.39 Å². The monoisotopic (exact) mass is 346 g/mol. The van der Waals surface area contributed by atoms with Gasteiger partial charge in [-0.05, 0) is 24.3 Å². The minimum atomic E-state index is -0.579. The maximum absolute atomic E-state index is 13.9. The number of carbonyl (C=O) groups is 2. The predicted octanol–water partition coefficient (Wildman–Crippen LogP) is 2.83. The zero-order chi connectivity index (χ0) is 18.4. The summed E-state index contributed by atoms with van der Waals surface area (Å²) in [6.45, 7) is 0.933. The smallest absolute Gasteiger partial charge is 0.244 e. The number of rotatable bonds is 6. The van der Waals surface area contributed by atoms with E-state index in [0.717, 1.165) is 4.90 Å². The van der Waals surface area contributed by atoms with Crippen molar-refractivity contribution in [3.8, 4) is 11.5 Å². The van der Waals surface area contributed by atoms with Crippen molar-refractivity contribution in [2.24, 2.45) is 0 Å². The molecule has 0 saturated carbocycles. The molecule has 7 heteroatoms. The fraction of sp³-hybridized carbons (Fsp3) is 0.222. The lowest BCUT2D eigenvalue weighted by atomic mass is 10.2. The SMILES string of the molecule is COc1ccc(OC)c(NC(=O)CN(C(C)=O)c2ccccc2F)c1. The summed E-state index contributed by atoms with van der Waals surface area (Å²) in [5.74, 6) is -0.546. The standard InChI is InChI=1S/C18H19FN2O4/c1-12(22)21(16-7-5-4-6-14(16)19)11-18(23)20-15-10-13(24-2)8-9-17(15)25-3/h4-10H,11H2,1-3H3,(H,20,23). The molecule has 2 amide bonds. The van der Waals surface area contributed by atoms with E-state index in [-0.39, 0.29) is 12.2 Å². The first-order chi connectivity index (χ1) is 12.0. The second kappa shape index (κ2) is 8.14. The van der Waals surface area contributed by atoms with Gasteiger partial charge in [-0.2, -0.15) is 0 Å². The van der Waals surface area contributed by atoms with Crippen molar-refractivity contribution in [2.45, 2.75) is 6.92 Å². The Morgan fingerprint density at radius 2 is 1.84 bits per heavy atom. The van der Waals surface area contributed by atoms with E-state index in [9.17, 15) is 14.0 Å². The van der Waals surface area contributed by atoms with E-state index in [2.05, 4.69) is 5.32 Å². The van der Waals surface area contributed by atoms with E-state index >= 15 is 0 Å². The minimum Gasteiger partial charge on any atom is -0.497 e. The summed E-state index contributed by atoms with van der Waals surface area (Å²) in [7, 11) is 2.97. The molecule has 0 heterocycles. The molecule has 0 bridgehead atoms. The summed E-state index contributed by atoms with van der Waals surface area (Å²) >= 11 is 0. The molecule has 0 fully saturated rings. The van der Waals surface area contributed by atoms with Gasteiger partial charge in [-0.3, -0.25) is 9.59 Å². The van der Waals surface area contributed by atoms with Crippen LogP contribution in [-0.4, -0.2) is 32.6 Å². The Morgan fingerprint density at radius 3 is 2.44 bits per heavy atom. The number of nitrogens with zero attached hydrogens (tertiary/aromatic N) is 1. The summed E-state index contributed by atoms with van der Waals surface area (Å²) < 4.78 is 24.2. The van der Waals surface area contributed by atoms with Crippen molar-refractivity contribution < 1.29 is 23.5 Å². The average molecular weight is 346 g/mol. The van der Waals surface area contributed by atoms with Gasteiger partial charge in [-0.15, -0.1) is 0 Å². The number of nitrogens with one attached hydrogen (secondary N) is 1. The highest BCUT2D eigenvalue weighted by Crippen LogP contribution is 2.29. The molecule has 0 radical (unpaired) electrons. The third kappa shape index (κ3) is 4.47. The van der Waals surface area contributed by atoms with Gasteiger partial charge < -0.3 is 19.7 Å². The van der Waals surface area contributed by atoms with Crippen LogP contribution in [0.15, 0.2) is 42.5 Å². The first kappa shape index (κ1) is 18.3.